The monoisotopic (exact) mass is 329 g/mol. The second-order valence-corrected chi connectivity index (χ2v) is 6.50. The minimum Gasteiger partial charge on any atom is -0.497 e. The van der Waals surface area contributed by atoms with Gasteiger partial charge >= 0.3 is 6.03 Å². The molecule has 2 aliphatic heterocycles. The molecular weight excluding hydrogens is 302 g/mol. The highest BCUT2D eigenvalue weighted by Crippen LogP contribution is 2.17. The van der Waals surface area contributed by atoms with Crippen LogP contribution in [-0.4, -0.2) is 36.7 Å². The highest BCUT2D eigenvalue weighted by molar-refractivity contribution is 5.89. The minimum absolute atomic E-state index is 0.0139. The van der Waals surface area contributed by atoms with Gasteiger partial charge in [0.05, 0.1) is 12.8 Å². The molecule has 0 spiro atoms. The summed E-state index contributed by atoms with van der Waals surface area (Å²) in [7, 11) is 0. The normalized spacial score (nSPS) is 20.8. The zero-order valence-corrected chi connectivity index (χ0v) is 14.2. The molecule has 1 unspecified atom stereocenters. The predicted molar refractivity (Wildman–Crippen MR) is 97.2 cm³/mol. The molecule has 0 aromatic heterocycles. The van der Waals surface area contributed by atoms with Crippen molar-refractivity contribution in [2.24, 2.45) is 0 Å². The highest BCUT2D eigenvalue weighted by Gasteiger charge is 2.15. The van der Waals surface area contributed by atoms with Gasteiger partial charge in [-0.15, -0.1) is 0 Å². The van der Waals surface area contributed by atoms with Crippen LogP contribution in [0.5, 0.6) is 0 Å². The molecular formula is C19H27N3O2. The maximum Gasteiger partial charge on any atom is 0.321 e. The quantitative estimate of drug-likeness (QED) is 0.870. The second kappa shape index (κ2) is 8.62. The second-order valence-electron chi connectivity index (χ2n) is 6.50. The van der Waals surface area contributed by atoms with Gasteiger partial charge in [-0.2, -0.15) is 0 Å². The first-order chi connectivity index (χ1) is 11.8. The number of nitrogens with zero attached hydrogens (tertiary/aromatic N) is 1. The number of ether oxygens (including phenoxy) is 1. The van der Waals surface area contributed by atoms with Crippen molar-refractivity contribution in [3.8, 4) is 0 Å². The van der Waals surface area contributed by atoms with E-state index >= 15 is 0 Å². The number of likely N-dealkylation sites (tertiary alicyclic amines) is 1. The van der Waals surface area contributed by atoms with Gasteiger partial charge in [0.2, 0.25) is 0 Å². The van der Waals surface area contributed by atoms with Crippen LogP contribution in [0.2, 0.25) is 0 Å². The summed E-state index contributed by atoms with van der Waals surface area (Å²) in [4.78, 5) is 14.2. The summed E-state index contributed by atoms with van der Waals surface area (Å²) in [6.07, 6.45) is 10.9. The van der Waals surface area contributed by atoms with E-state index in [0.29, 0.717) is 0 Å². The number of carbonyl (C=O) groups is 1. The first-order valence-corrected chi connectivity index (χ1v) is 9.01. The molecule has 0 saturated carbocycles. The molecule has 24 heavy (non-hydrogen) atoms. The summed E-state index contributed by atoms with van der Waals surface area (Å²) < 4.78 is 5.55. The van der Waals surface area contributed by atoms with Crippen LogP contribution >= 0.6 is 0 Å². The van der Waals surface area contributed by atoms with Crippen molar-refractivity contribution in [3.63, 3.8) is 0 Å². The molecule has 2 amide bonds. The Morgan fingerprint density at radius 2 is 1.79 bits per heavy atom. The Hall–Kier alpha value is -2.17. The van der Waals surface area contributed by atoms with Crippen molar-refractivity contribution in [3.05, 3.63) is 36.6 Å². The number of allylic oxidation sites excluding steroid dienone is 1. The van der Waals surface area contributed by atoms with E-state index in [2.05, 4.69) is 16.7 Å². The molecule has 130 valence electrons. The SMILES string of the molecule is O=C(Nc1ccc(NCC2CCC=CO2)cc1)N1CCCCCC1. The Labute approximate surface area is 144 Å². The van der Waals surface area contributed by atoms with Gasteiger partial charge in [0.15, 0.2) is 0 Å². The minimum atomic E-state index is 0.0139. The zero-order valence-electron chi connectivity index (χ0n) is 14.2. The maximum atomic E-state index is 12.3. The number of benzene rings is 1. The van der Waals surface area contributed by atoms with E-state index in [9.17, 15) is 4.79 Å². The third-order valence-corrected chi connectivity index (χ3v) is 4.59. The van der Waals surface area contributed by atoms with E-state index in [4.69, 9.17) is 4.74 Å². The van der Waals surface area contributed by atoms with E-state index in [-0.39, 0.29) is 12.1 Å². The first-order valence-electron chi connectivity index (χ1n) is 9.01. The molecule has 1 fully saturated rings. The first kappa shape index (κ1) is 16.7. The van der Waals surface area contributed by atoms with Gasteiger partial charge in [-0.05, 0) is 56.0 Å². The molecule has 1 saturated heterocycles. The number of hydrogen-bond acceptors (Lipinski definition) is 3. The fourth-order valence-electron chi connectivity index (χ4n) is 3.11. The van der Waals surface area contributed by atoms with Crippen LogP contribution in [0.1, 0.15) is 38.5 Å². The lowest BCUT2D eigenvalue weighted by Gasteiger charge is -2.21. The van der Waals surface area contributed by atoms with E-state index in [0.717, 1.165) is 56.7 Å². The lowest BCUT2D eigenvalue weighted by molar-refractivity contribution is 0.135. The average Bonchev–Trinajstić information content (AvgIpc) is 2.91. The van der Waals surface area contributed by atoms with E-state index in [1.54, 1.807) is 6.26 Å². The van der Waals surface area contributed by atoms with E-state index < -0.39 is 0 Å². The molecule has 1 aromatic rings. The molecule has 2 aliphatic rings. The fraction of sp³-hybridized carbons (Fsp3) is 0.526. The van der Waals surface area contributed by atoms with Crippen LogP contribution in [-0.2, 0) is 4.74 Å². The van der Waals surface area contributed by atoms with Gasteiger partial charge in [-0.3, -0.25) is 0 Å². The third-order valence-electron chi connectivity index (χ3n) is 4.59. The number of anilines is 2. The van der Waals surface area contributed by atoms with Gasteiger partial charge in [-0.25, -0.2) is 4.79 Å². The van der Waals surface area contributed by atoms with Crippen LogP contribution in [0, 0.1) is 0 Å². The number of amides is 2. The largest absolute Gasteiger partial charge is 0.497 e. The van der Waals surface area contributed by atoms with Crippen LogP contribution in [0.15, 0.2) is 36.6 Å². The smallest absolute Gasteiger partial charge is 0.321 e. The van der Waals surface area contributed by atoms with Gasteiger partial charge in [0, 0.05) is 24.5 Å². The summed E-state index contributed by atoms with van der Waals surface area (Å²) in [5, 5.41) is 6.38. The van der Waals surface area contributed by atoms with Crippen LogP contribution < -0.4 is 10.6 Å². The number of nitrogens with one attached hydrogen (secondary N) is 2. The van der Waals surface area contributed by atoms with Crippen molar-refractivity contribution in [2.75, 3.05) is 30.3 Å². The molecule has 1 atom stereocenters. The molecule has 2 heterocycles. The van der Waals surface area contributed by atoms with Crippen LogP contribution in [0.25, 0.3) is 0 Å². The Kier molecular flexibility index (Phi) is 5.99. The summed E-state index contributed by atoms with van der Waals surface area (Å²) >= 11 is 0. The van der Waals surface area contributed by atoms with E-state index in [1.165, 1.54) is 12.8 Å². The molecule has 3 rings (SSSR count). The number of hydrogen-bond donors (Lipinski definition) is 2. The van der Waals surface area contributed by atoms with Crippen molar-refractivity contribution in [2.45, 2.75) is 44.6 Å². The number of rotatable bonds is 4. The van der Waals surface area contributed by atoms with Crippen LogP contribution in [0.4, 0.5) is 16.2 Å². The summed E-state index contributed by atoms with van der Waals surface area (Å²) in [5.74, 6) is 0. The highest BCUT2D eigenvalue weighted by atomic mass is 16.5. The molecule has 0 aliphatic carbocycles. The van der Waals surface area contributed by atoms with Crippen molar-refractivity contribution < 1.29 is 9.53 Å². The van der Waals surface area contributed by atoms with Gasteiger partial charge in [0.1, 0.15) is 6.10 Å². The zero-order chi connectivity index (χ0) is 16.6. The Morgan fingerprint density at radius 3 is 2.46 bits per heavy atom. The fourth-order valence-corrected chi connectivity index (χ4v) is 3.11. The molecule has 5 nitrogen and oxygen atoms in total. The maximum absolute atomic E-state index is 12.3. The van der Waals surface area contributed by atoms with Gasteiger partial charge in [-0.1, -0.05) is 12.8 Å². The van der Waals surface area contributed by atoms with Crippen molar-refractivity contribution in [1.82, 2.24) is 4.90 Å². The Balaban J connectivity index is 1.46. The lowest BCUT2D eigenvalue weighted by Crippen LogP contribution is -2.35. The van der Waals surface area contributed by atoms with Gasteiger partial charge in [0.25, 0.3) is 0 Å². The average molecular weight is 329 g/mol. The molecule has 1 aromatic carbocycles. The summed E-state index contributed by atoms with van der Waals surface area (Å²) in [5.41, 5.74) is 1.88. The summed E-state index contributed by atoms with van der Waals surface area (Å²) in [6.45, 7) is 2.52. The predicted octanol–water partition coefficient (Wildman–Crippen LogP) is 4.20. The number of carbonyl (C=O) groups excluding carboxylic acids is 1. The molecule has 2 N–H and O–H groups in total. The number of urea groups is 1. The molecule has 0 bridgehead atoms. The summed E-state index contributed by atoms with van der Waals surface area (Å²) in [6, 6.07) is 7.90. The standard InChI is InChI=1S/C19H27N3O2/c23-19(22-12-4-1-2-5-13-22)21-17-10-8-16(9-11-17)20-15-18-7-3-6-14-24-18/h6,8-11,14,18,20H,1-5,7,12-13,15H2,(H,21,23). The molecule has 0 radical (unpaired) electrons. The van der Waals surface area contributed by atoms with Crippen molar-refractivity contribution >= 4 is 17.4 Å². The van der Waals surface area contributed by atoms with Gasteiger partial charge < -0.3 is 20.3 Å². The lowest BCUT2D eigenvalue weighted by atomic mass is 10.1. The van der Waals surface area contributed by atoms with Crippen molar-refractivity contribution in [1.29, 1.82) is 0 Å². The Morgan fingerprint density at radius 1 is 1.08 bits per heavy atom. The van der Waals surface area contributed by atoms with E-state index in [1.807, 2.05) is 29.2 Å². The third kappa shape index (κ3) is 4.91. The molecule has 5 heteroatoms. The van der Waals surface area contributed by atoms with Crippen LogP contribution in [0.3, 0.4) is 0 Å². The topological polar surface area (TPSA) is 53.6 Å². The Bertz CT molecular complexity index is 548.